The first-order valence-electron chi connectivity index (χ1n) is 8.37. The second-order valence-corrected chi connectivity index (χ2v) is 7.07. The molecule has 0 radical (unpaired) electrons. The van der Waals surface area contributed by atoms with E-state index >= 15 is 0 Å². The summed E-state index contributed by atoms with van der Waals surface area (Å²) in [4.78, 5) is 8.71. The monoisotopic (exact) mass is 346 g/mol. The van der Waals surface area contributed by atoms with Crippen LogP contribution in [0.4, 0.5) is 0 Å². The molecule has 0 bridgehead atoms. The summed E-state index contributed by atoms with van der Waals surface area (Å²) in [5.74, 6) is 2.62. The van der Waals surface area contributed by atoms with Gasteiger partial charge in [0.25, 0.3) is 0 Å². The molecule has 3 rings (SSSR count). The fourth-order valence-corrected chi connectivity index (χ4v) is 3.14. The summed E-state index contributed by atoms with van der Waals surface area (Å²) in [7, 11) is 3.52. The molecule has 8 nitrogen and oxygen atoms in total. The van der Waals surface area contributed by atoms with Crippen molar-refractivity contribution >= 4 is 5.96 Å². The van der Waals surface area contributed by atoms with E-state index in [0.717, 1.165) is 12.4 Å². The van der Waals surface area contributed by atoms with Crippen LogP contribution >= 0.6 is 0 Å². The molecule has 0 saturated heterocycles. The predicted octanol–water partition coefficient (Wildman–Crippen LogP) is 1.93. The van der Waals surface area contributed by atoms with E-state index in [9.17, 15) is 0 Å². The van der Waals surface area contributed by atoms with Crippen LogP contribution in [-0.4, -0.2) is 46.9 Å². The Bertz CT molecular complexity index is 736. The second-order valence-electron chi connectivity index (χ2n) is 7.07. The number of nitrogens with one attached hydrogen (secondary N) is 3. The third kappa shape index (κ3) is 3.13. The van der Waals surface area contributed by atoms with Gasteiger partial charge in [0.15, 0.2) is 11.7 Å². The molecule has 0 aromatic carbocycles. The first kappa shape index (κ1) is 17.5. The maximum Gasteiger partial charge on any atom is 0.216 e. The highest BCUT2D eigenvalue weighted by atomic mass is 16.5. The Kier molecular flexibility index (Phi) is 4.55. The molecule has 3 N–H and O–H groups in total. The first-order valence-corrected chi connectivity index (χ1v) is 8.37. The third-order valence-corrected chi connectivity index (χ3v) is 5.51. The maximum atomic E-state index is 5.67. The van der Waals surface area contributed by atoms with Gasteiger partial charge in [-0.15, -0.1) is 5.10 Å². The molecule has 1 saturated carbocycles. The molecule has 136 valence electrons. The molecule has 2 unspecified atom stereocenters. The number of methoxy groups -OCH3 is 1. The summed E-state index contributed by atoms with van der Waals surface area (Å²) < 4.78 is 11.0. The molecular weight excluding hydrogens is 320 g/mol. The van der Waals surface area contributed by atoms with Crippen LogP contribution in [0.1, 0.15) is 33.0 Å². The molecule has 1 aliphatic carbocycles. The number of H-pyrrole nitrogens is 1. The zero-order chi connectivity index (χ0) is 18.1. The van der Waals surface area contributed by atoms with Gasteiger partial charge < -0.3 is 19.8 Å². The van der Waals surface area contributed by atoms with E-state index < -0.39 is 0 Å². The maximum absolute atomic E-state index is 5.67. The molecule has 2 aromatic heterocycles. The van der Waals surface area contributed by atoms with E-state index in [-0.39, 0.29) is 17.1 Å². The quantitative estimate of drug-likeness (QED) is 0.565. The average molecular weight is 346 g/mol. The minimum Gasteiger partial charge on any atom is -0.461 e. The van der Waals surface area contributed by atoms with Crippen LogP contribution in [0.25, 0.3) is 11.6 Å². The second kappa shape index (κ2) is 6.51. The van der Waals surface area contributed by atoms with Gasteiger partial charge >= 0.3 is 0 Å². The van der Waals surface area contributed by atoms with Crippen LogP contribution < -0.4 is 10.6 Å². The number of aromatic amines is 1. The van der Waals surface area contributed by atoms with Crippen molar-refractivity contribution in [2.45, 2.75) is 45.4 Å². The van der Waals surface area contributed by atoms with Crippen molar-refractivity contribution in [2.24, 2.45) is 10.4 Å². The molecule has 0 spiro atoms. The lowest BCUT2D eigenvalue weighted by Gasteiger charge is -2.59. The number of ether oxygens (including phenoxy) is 1. The smallest absolute Gasteiger partial charge is 0.216 e. The van der Waals surface area contributed by atoms with Gasteiger partial charge in [-0.25, -0.2) is 4.98 Å². The number of nitrogens with zero attached hydrogens (tertiary/aromatic N) is 3. The average Bonchev–Trinajstić information content (AvgIpc) is 3.28. The number of hydrogen-bond donors (Lipinski definition) is 3. The molecule has 2 heterocycles. The molecule has 0 amide bonds. The molecule has 1 fully saturated rings. The summed E-state index contributed by atoms with van der Waals surface area (Å²) in [5.41, 5.74) is -0.107. The molecular formula is C17H26N6O2. The normalized spacial score (nSPS) is 25.5. The van der Waals surface area contributed by atoms with Crippen molar-refractivity contribution in [1.29, 1.82) is 0 Å². The number of aromatic nitrogens is 3. The van der Waals surface area contributed by atoms with Crippen LogP contribution in [0.3, 0.4) is 0 Å². The van der Waals surface area contributed by atoms with Crippen molar-refractivity contribution in [2.75, 3.05) is 14.2 Å². The fourth-order valence-electron chi connectivity index (χ4n) is 3.14. The molecule has 2 atom stereocenters. The van der Waals surface area contributed by atoms with Crippen molar-refractivity contribution in [3.8, 4) is 11.6 Å². The highest BCUT2D eigenvalue weighted by molar-refractivity contribution is 5.80. The topological polar surface area (TPSA) is 100 Å². The van der Waals surface area contributed by atoms with E-state index in [1.54, 1.807) is 20.4 Å². The fraction of sp³-hybridized carbons (Fsp3) is 0.588. The standard InChI is InChI=1S/C17H26N6O2/c1-16(2)12(9-17(16,3)24-5)20-15(18-4)19-10-13-21-14(23-22-13)11-7-6-8-25-11/h6-8,12H,9-10H2,1-5H3,(H2,18,19,20)(H,21,22,23). The number of guanidine groups is 1. The Morgan fingerprint density at radius 1 is 1.48 bits per heavy atom. The van der Waals surface area contributed by atoms with Crippen LogP contribution in [0.15, 0.2) is 27.8 Å². The van der Waals surface area contributed by atoms with Crippen molar-refractivity contribution < 1.29 is 9.15 Å². The highest BCUT2D eigenvalue weighted by Gasteiger charge is 2.58. The molecule has 2 aromatic rings. The van der Waals surface area contributed by atoms with Gasteiger partial charge in [-0.1, -0.05) is 13.8 Å². The number of hydrogen-bond acceptors (Lipinski definition) is 5. The summed E-state index contributed by atoms with van der Waals surface area (Å²) in [6.07, 6.45) is 2.53. The van der Waals surface area contributed by atoms with Gasteiger partial charge in [-0.05, 0) is 25.5 Å². The summed E-state index contributed by atoms with van der Waals surface area (Å²) >= 11 is 0. The molecule has 1 aliphatic rings. The Labute approximate surface area is 147 Å². The zero-order valence-electron chi connectivity index (χ0n) is 15.4. The van der Waals surface area contributed by atoms with Crippen LogP contribution in [0, 0.1) is 5.41 Å². The first-order chi connectivity index (χ1) is 11.9. The lowest BCUT2D eigenvalue weighted by molar-refractivity contribution is -0.176. The van der Waals surface area contributed by atoms with E-state index in [0.29, 0.717) is 24.0 Å². The van der Waals surface area contributed by atoms with Crippen LogP contribution in [0.5, 0.6) is 0 Å². The minimum atomic E-state index is -0.119. The van der Waals surface area contributed by atoms with E-state index in [1.165, 1.54) is 0 Å². The number of aliphatic imine (C=N–C) groups is 1. The Morgan fingerprint density at radius 3 is 2.88 bits per heavy atom. The van der Waals surface area contributed by atoms with Gasteiger partial charge in [0.2, 0.25) is 5.82 Å². The van der Waals surface area contributed by atoms with Gasteiger partial charge in [-0.2, -0.15) is 0 Å². The number of rotatable bonds is 5. The Balaban J connectivity index is 1.56. The van der Waals surface area contributed by atoms with Crippen LogP contribution in [-0.2, 0) is 11.3 Å². The minimum absolute atomic E-state index is 0.0120. The van der Waals surface area contributed by atoms with Gasteiger partial charge in [-0.3, -0.25) is 10.1 Å². The lowest BCUT2D eigenvalue weighted by atomic mass is 9.56. The third-order valence-electron chi connectivity index (χ3n) is 5.51. The predicted molar refractivity (Wildman–Crippen MR) is 95.0 cm³/mol. The van der Waals surface area contributed by atoms with E-state index in [2.05, 4.69) is 51.6 Å². The summed E-state index contributed by atoms with van der Waals surface area (Å²) in [6.45, 7) is 7.04. The Hall–Kier alpha value is -2.35. The van der Waals surface area contributed by atoms with Crippen LogP contribution in [0.2, 0.25) is 0 Å². The number of furan rings is 1. The summed E-state index contributed by atoms with van der Waals surface area (Å²) in [5, 5.41) is 13.8. The SMILES string of the molecule is CN=C(NCc1nc(-c2ccco2)n[nH]1)NC1CC(C)(OC)C1(C)C. The van der Waals surface area contributed by atoms with Crippen molar-refractivity contribution in [3.63, 3.8) is 0 Å². The van der Waals surface area contributed by atoms with Gasteiger partial charge in [0.05, 0.1) is 18.4 Å². The Morgan fingerprint density at radius 2 is 2.28 bits per heavy atom. The summed E-state index contributed by atoms with van der Waals surface area (Å²) in [6, 6.07) is 3.92. The van der Waals surface area contributed by atoms with Gasteiger partial charge in [0.1, 0.15) is 5.82 Å². The lowest BCUT2D eigenvalue weighted by Crippen LogP contribution is -2.69. The van der Waals surface area contributed by atoms with Crippen molar-refractivity contribution in [3.05, 3.63) is 24.2 Å². The van der Waals surface area contributed by atoms with E-state index in [4.69, 9.17) is 9.15 Å². The van der Waals surface area contributed by atoms with Crippen molar-refractivity contribution in [1.82, 2.24) is 25.8 Å². The molecule has 8 heteroatoms. The molecule has 25 heavy (non-hydrogen) atoms. The highest BCUT2D eigenvalue weighted by Crippen LogP contribution is 2.51. The largest absolute Gasteiger partial charge is 0.461 e. The molecule has 0 aliphatic heterocycles. The zero-order valence-corrected chi connectivity index (χ0v) is 15.4. The van der Waals surface area contributed by atoms with Gasteiger partial charge in [0, 0.05) is 25.6 Å². The van der Waals surface area contributed by atoms with E-state index in [1.807, 2.05) is 12.1 Å².